The molecule has 0 atom stereocenters. The lowest BCUT2D eigenvalue weighted by molar-refractivity contribution is 0.414. The summed E-state index contributed by atoms with van der Waals surface area (Å²) in [5, 5.41) is 0. The average Bonchev–Trinajstić information content (AvgIpc) is 2.40. The summed E-state index contributed by atoms with van der Waals surface area (Å²) in [6, 6.07) is 18.7. The molecule has 0 fully saturated rings. The maximum Gasteiger partial charge on any atom is 0.119 e. The normalized spacial score (nSPS) is 10.2. The Morgan fingerprint density at radius 1 is 1.00 bits per heavy atom. The quantitative estimate of drug-likeness (QED) is 0.750. The summed E-state index contributed by atoms with van der Waals surface area (Å²) in [6.45, 7) is 0. The molecule has 2 aromatic carbocycles. The van der Waals surface area contributed by atoms with Crippen molar-refractivity contribution in [3.8, 4) is 5.75 Å². The number of aryl methyl sites for hydroxylation is 1. The summed E-state index contributed by atoms with van der Waals surface area (Å²) in [4.78, 5) is 0. The van der Waals surface area contributed by atoms with Crippen LogP contribution < -0.4 is 4.74 Å². The number of hydrogen-bond acceptors (Lipinski definition) is 1. The third kappa shape index (κ3) is 3.63. The minimum absolute atomic E-state index is 0.915. The molecule has 0 aromatic heterocycles. The van der Waals surface area contributed by atoms with Gasteiger partial charge in [0.2, 0.25) is 0 Å². The molecule has 0 saturated heterocycles. The molecule has 1 heteroatoms. The van der Waals surface area contributed by atoms with Gasteiger partial charge in [-0.1, -0.05) is 42.5 Å². The highest BCUT2D eigenvalue weighted by Gasteiger charge is 1.97. The van der Waals surface area contributed by atoms with Crippen molar-refractivity contribution in [2.45, 2.75) is 12.8 Å². The molecule has 2 rings (SSSR count). The number of hydrogen-bond donors (Lipinski definition) is 0. The molecule has 0 heterocycles. The molecule has 1 nitrogen and oxygen atoms in total. The van der Waals surface area contributed by atoms with E-state index in [-0.39, 0.29) is 0 Å². The third-order valence-corrected chi connectivity index (χ3v) is 2.75. The Morgan fingerprint density at radius 3 is 2.59 bits per heavy atom. The molecule has 0 bridgehead atoms. The summed E-state index contributed by atoms with van der Waals surface area (Å²) in [5.41, 5.74) is 2.60. The third-order valence-electron chi connectivity index (χ3n) is 2.75. The molecule has 17 heavy (non-hydrogen) atoms. The van der Waals surface area contributed by atoms with Crippen LogP contribution in [0.2, 0.25) is 0 Å². The zero-order chi connectivity index (χ0) is 11.9. The fraction of sp³-hybridized carbons (Fsp3) is 0.188. The molecule has 1 radical (unpaired) electrons. The molecule has 0 spiro atoms. The van der Waals surface area contributed by atoms with Crippen molar-refractivity contribution in [3.63, 3.8) is 0 Å². The van der Waals surface area contributed by atoms with Crippen molar-refractivity contribution in [2.75, 3.05) is 7.11 Å². The van der Waals surface area contributed by atoms with Crippen LogP contribution in [0, 0.1) is 6.42 Å². The minimum Gasteiger partial charge on any atom is -0.497 e. The highest BCUT2D eigenvalue weighted by atomic mass is 16.5. The van der Waals surface area contributed by atoms with Crippen LogP contribution in [0.3, 0.4) is 0 Å². The van der Waals surface area contributed by atoms with Crippen LogP contribution in [0.4, 0.5) is 0 Å². The van der Waals surface area contributed by atoms with E-state index >= 15 is 0 Å². The Bertz CT molecular complexity index is 448. The lowest BCUT2D eigenvalue weighted by Crippen LogP contribution is -1.89. The number of benzene rings is 2. The standard InChI is InChI=1S/C16H17O/c1-17-16-12-6-11-15(13-16)10-5-9-14-7-3-2-4-8-14/h2-4,6-8,10-13H,5,9H2,1H3. The van der Waals surface area contributed by atoms with E-state index in [1.54, 1.807) is 7.11 Å². The van der Waals surface area contributed by atoms with Gasteiger partial charge >= 0.3 is 0 Å². The van der Waals surface area contributed by atoms with Gasteiger partial charge < -0.3 is 4.74 Å². The molecule has 0 unspecified atom stereocenters. The first-order valence-electron chi connectivity index (χ1n) is 5.89. The second-order valence-corrected chi connectivity index (χ2v) is 4.01. The fourth-order valence-corrected chi connectivity index (χ4v) is 1.82. The maximum absolute atomic E-state index is 5.20. The number of methoxy groups -OCH3 is 1. The molecule has 0 aliphatic rings. The van der Waals surface area contributed by atoms with Gasteiger partial charge in [0, 0.05) is 0 Å². The molecule has 2 aromatic rings. The zero-order valence-electron chi connectivity index (χ0n) is 10.1. The summed E-state index contributed by atoms with van der Waals surface area (Å²) in [7, 11) is 1.70. The van der Waals surface area contributed by atoms with E-state index in [1.807, 2.05) is 12.1 Å². The largest absolute Gasteiger partial charge is 0.497 e. The average molecular weight is 225 g/mol. The van der Waals surface area contributed by atoms with E-state index in [4.69, 9.17) is 4.74 Å². The second-order valence-electron chi connectivity index (χ2n) is 4.01. The van der Waals surface area contributed by atoms with Gasteiger partial charge in [-0.05, 0) is 42.5 Å². The van der Waals surface area contributed by atoms with E-state index in [0.29, 0.717) is 0 Å². The SMILES string of the molecule is COc1cccc([CH]CCc2ccccc2)c1. The van der Waals surface area contributed by atoms with Crippen molar-refractivity contribution in [1.82, 2.24) is 0 Å². The highest BCUT2D eigenvalue weighted by Crippen LogP contribution is 2.16. The topological polar surface area (TPSA) is 9.23 Å². The number of rotatable bonds is 5. The van der Waals surface area contributed by atoms with Crippen molar-refractivity contribution in [1.29, 1.82) is 0 Å². The van der Waals surface area contributed by atoms with Crippen molar-refractivity contribution < 1.29 is 4.74 Å². The minimum atomic E-state index is 0.915. The van der Waals surface area contributed by atoms with Crippen molar-refractivity contribution in [2.24, 2.45) is 0 Å². The van der Waals surface area contributed by atoms with Crippen LogP contribution in [0.5, 0.6) is 5.75 Å². The Morgan fingerprint density at radius 2 is 1.82 bits per heavy atom. The van der Waals surface area contributed by atoms with Crippen LogP contribution in [0.1, 0.15) is 17.5 Å². The van der Waals surface area contributed by atoms with Crippen LogP contribution >= 0.6 is 0 Å². The van der Waals surface area contributed by atoms with Crippen LogP contribution in [-0.4, -0.2) is 7.11 Å². The predicted octanol–water partition coefficient (Wildman–Crippen LogP) is 3.88. The van der Waals surface area contributed by atoms with Gasteiger partial charge in [-0.3, -0.25) is 0 Å². The molecular weight excluding hydrogens is 208 g/mol. The highest BCUT2D eigenvalue weighted by molar-refractivity contribution is 5.32. The monoisotopic (exact) mass is 225 g/mol. The first kappa shape index (κ1) is 11.7. The first-order valence-corrected chi connectivity index (χ1v) is 5.89. The number of ether oxygens (including phenoxy) is 1. The molecule has 0 aliphatic heterocycles. The Balaban J connectivity index is 1.86. The van der Waals surface area contributed by atoms with Gasteiger partial charge in [0.05, 0.1) is 7.11 Å². The molecule has 87 valence electrons. The van der Waals surface area contributed by atoms with Gasteiger partial charge in [-0.2, -0.15) is 0 Å². The smallest absolute Gasteiger partial charge is 0.119 e. The predicted molar refractivity (Wildman–Crippen MR) is 71.2 cm³/mol. The van der Waals surface area contributed by atoms with Crippen LogP contribution in [0.15, 0.2) is 54.6 Å². The van der Waals surface area contributed by atoms with Gasteiger partial charge in [0.15, 0.2) is 0 Å². The fourth-order valence-electron chi connectivity index (χ4n) is 1.82. The lowest BCUT2D eigenvalue weighted by atomic mass is 10.0. The molecule has 0 amide bonds. The van der Waals surface area contributed by atoms with Crippen molar-refractivity contribution in [3.05, 3.63) is 72.1 Å². The molecular formula is C16H17O. The molecule has 0 N–H and O–H groups in total. The summed E-state index contributed by atoms with van der Waals surface area (Å²) < 4.78 is 5.20. The summed E-state index contributed by atoms with van der Waals surface area (Å²) >= 11 is 0. The Hall–Kier alpha value is -1.76. The van der Waals surface area contributed by atoms with E-state index in [9.17, 15) is 0 Å². The van der Waals surface area contributed by atoms with Gasteiger partial charge in [0.1, 0.15) is 5.75 Å². The molecule has 0 saturated carbocycles. The van der Waals surface area contributed by atoms with E-state index in [0.717, 1.165) is 18.6 Å². The Labute approximate surface area is 103 Å². The summed E-state index contributed by atoms with van der Waals surface area (Å²) in [5.74, 6) is 0.915. The van der Waals surface area contributed by atoms with E-state index in [2.05, 4.69) is 48.9 Å². The zero-order valence-corrected chi connectivity index (χ0v) is 10.1. The van der Waals surface area contributed by atoms with Crippen LogP contribution in [-0.2, 0) is 6.42 Å². The van der Waals surface area contributed by atoms with E-state index < -0.39 is 0 Å². The van der Waals surface area contributed by atoms with Gasteiger partial charge in [0.25, 0.3) is 0 Å². The summed E-state index contributed by atoms with van der Waals surface area (Å²) in [6.07, 6.45) is 4.38. The van der Waals surface area contributed by atoms with E-state index in [1.165, 1.54) is 11.1 Å². The first-order chi connectivity index (χ1) is 8.38. The van der Waals surface area contributed by atoms with Gasteiger partial charge in [-0.15, -0.1) is 0 Å². The second kappa shape index (κ2) is 6.09. The van der Waals surface area contributed by atoms with Gasteiger partial charge in [-0.25, -0.2) is 0 Å². The Kier molecular flexibility index (Phi) is 4.20. The molecule has 0 aliphatic carbocycles. The lowest BCUT2D eigenvalue weighted by Gasteiger charge is -2.04. The van der Waals surface area contributed by atoms with Crippen LogP contribution in [0.25, 0.3) is 0 Å². The maximum atomic E-state index is 5.20. The van der Waals surface area contributed by atoms with Crippen molar-refractivity contribution >= 4 is 0 Å².